The number of ether oxygens (including phenoxy) is 1. The molecular formula is C25H20N6O5. The van der Waals surface area contributed by atoms with Crippen molar-refractivity contribution in [2.75, 3.05) is 17.7 Å². The Morgan fingerprint density at radius 2 is 1.44 bits per heavy atom. The molecule has 0 radical (unpaired) electrons. The lowest BCUT2D eigenvalue weighted by Crippen LogP contribution is -2.07. The zero-order valence-corrected chi connectivity index (χ0v) is 19.0. The number of hydrogen-bond acceptors (Lipinski definition) is 9. The lowest BCUT2D eigenvalue weighted by Gasteiger charge is -2.11. The maximum atomic E-state index is 12.1. The van der Waals surface area contributed by atoms with Gasteiger partial charge >= 0.3 is 11.4 Å². The first-order valence-corrected chi connectivity index (χ1v) is 10.7. The molecule has 0 aliphatic heterocycles. The van der Waals surface area contributed by atoms with Crippen LogP contribution in [-0.4, -0.2) is 26.9 Å². The number of anilines is 4. The fourth-order valence-electron chi connectivity index (χ4n) is 3.35. The highest BCUT2D eigenvalue weighted by atomic mass is 16.6. The van der Waals surface area contributed by atoms with E-state index in [-0.39, 0.29) is 34.6 Å². The molecule has 0 saturated heterocycles. The summed E-state index contributed by atoms with van der Waals surface area (Å²) in [4.78, 5) is 31.0. The van der Waals surface area contributed by atoms with Crippen LogP contribution >= 0.6 is 0 Å². The SMILES string of the molecule is COc1ccc(C=Cc2nc(Nc3ccccc3)nc(Nc3ccccc3)c2[N+](=O)[O-])cc1[N+](=O)[O-]. The first kappa shape index (κ1) is 23.8. The van der Waals surface area contributed by atoms with Gasteiger partial charge in [-0.1, -0.05) is 48.5 Å². The van der Waals surface area contributed by atoms with Gasteiger partial charge in [-0.3, -0.25) is 20.2 Å². The molecule has 0 saturated carbocycles. The number of nitrogens with one attached hydrogen (secondary N) is 2. The molecule has 0 fully saturated rings. The molecule has 36 heavy (non-hydrogen) atoms. The number of methoxy groups -OCH3 is 1. The third-order valence-electron chi connectivity index (χ3n) is 4.99. The summed E-state index contributed by atoms with van der Waals surface area (Å²) in [6.45, 7) is 0. The molecule has 0 unspecified atom stereocenters. The van der Waals surface area contributed by atoms with E-state index in [2.05, 4.69) is 20.6 Å². The third kappa shape index (κ3) is 5.59. The van der Waals surface area contributed by atoms with E-state index in [1.165, 1.54) is 31.4 Å². The normalized spacial score (nSPS) is 10.7. The van der Waals surface area contributed by atoms with Crippen molar-refractivity contribution in [3.63, 3.8) is 0 Å². The highest BCUT2D eigenvalue weighted by molar-refractivity contribution is 5.80. The van der Waals surface area contributed by atoms with E-state index in [9.17, 15) is 20.2 Å². The van der Waals surface area contributed by atoms with Crippen LogP contribution in [0.3, 0.4) is 0 Å². The van der Waals surface area contributed by atoms with E-state index in [0.29, 0.717) is 16.9 Å². The number of para-hydroxylation sites is 2. The Morgan fingerprint density at radius 3 is 2.03 bits per heavy atom. The molecule has 4 aromatic rings. The molecule has 11 heteroatoms. The Balaban J connectivity index is 1.80. The van der Waals surface area contributed by atoms with Gasteiger partial charge in [0.2, 0.25) is 11.8 Å². The Bertz CT molecular complexity index is 1430. The Hall–Kier alpha value is -5.32. The number of nitro groups is 2. The van der Waals surface area contributed by atoms with Crippen molar-refractivity contribution in [3.05, 3.63) is 110 Å². The highest BCUT2D eigenvalue weighted by Gasteiger charge is 2.24. The van der Waals surface area contributed by atoms with E-state index < -0.39 is 9.85 Å². The number of nitrogens with zero attached hydrogens (tertiary/aromatic N) is 4. The van der Waals surface area contributed by atoms with Crippen LogP contribution in [-0.2, 0) is 0 Å². The van der Waals surface area contributed by atoms with Crippen molar-refractivity contribution in [3.8, 4) is 5.75 Å². The Labute approximate surface area is 205 Å². The minimum Gasteiger partial charge on any atom is -0.490 e. The van der Waals surface area contributed by atoms with Crippen LogP contribution < -0.4 is 15.4 Å². The molecule has 180 valence electrons. The third-order valence-corrected chi connectivity index (χ3v) is 4.99. The zero-order valence-electron chi connectivity index (χ0n) is 19.0. The number of hydrogen-bond donors (Lipinski definition) is 2. The number of nitro benzene ring substituents is 1. The van der Waals surface area contributed by atoms with Crippen molar-refractivity contribution in [2.45, 2.75) is 0 Å². The molecule has 0 aliphatic carbocycles. The number of aromatic nitrogens is 2. The first-order valence-electron chi connectivity index (χ1n) is 10.7. The van der Waals surface area contributed by atoms with Gasteiger partial charge < -0.3 is 15.4 Å². The molecule has 1 heterocycles. The maximum Gasteiger partial charge on any atom is 0.337 e. The monoisotopic (exact) mass is 484 g/mol. The van der Waals surface area contributed by atoms with E-state index in [4.69, 9.17) is 4.74 Å². The molecule has 0 aliphatic rings. The maximum absolute atomic E-state index is 12.1. The van der Waals surface area contributed by atoms with Crippen molar-refractivity contribution >= 4 is 46.7 Å². The van der Waals surface area contributed by atoms with Gasteiger partial charge in [0.1, 0.15) is 5.69 Å². The van der Waals surface area contributed by atoms with Crippen LogP contribution in [0.25, 0.3) is 12.2 Å². The van der Waals surface area contributed by atoms with E-state index in [1.807, 2.05) is 24.3 Å². The van der Waals surface area contributed by atoms with Crippen molar-refractivity contribution < 1.29 is 14.6 Å². The van der Waals surface area contributed by atoms with Gasteiger partial charge in [0.15, 0.2) is 5.75 Å². The largest absolute Gasteiger partial charge is 0.490 e. The van der Waals surface area contributed by atoms with Crippen LogP contribution in [0.15, 0.2) is 78.9 Å². The summed E-state index contributed by atoms with van der Waals surface area (Å²) >= 11 is 0. The molecule has 3 aromatic carbocycles. The lowest BCUT2D eigenvalue weighted by molar-refractivity contribution is -0.385. The van der Waals surface area contributed by atoms with Crippen molar-refractivity contribution in [1.29, 1.82) is 0 Å². The van der Waals surface area contributed by atoms with Crippen LogP contribution in [0.5, 0.6) is 5.75 Å². The Morgan fingerprint density at radius 1 is 0.806 bits per heavy atom. The molecule has 0 bridgehead atoms. The van der Waals surface area contributed by atoms with Crippen LogP contribution in [0, 0.1) is 20.2 Å². The number of benzene rings is 3. The van der Waals surface area contributed by atoms with Crippen LogP contribution in [0.4, 0.5) is 34.5 Å². The van der Waals surface area contributed by atoms with Gasteiger partial charge in [0.25, 0.3) is 0 Å². The summed E-state index contributed by atoms with van der Waals surface area (Å²) in [6, 6.07) is 22.4. The minimum absolute atomic E-state index is 0.00494. The van der Waals surface area contributed by atoms with E-state index in [1.54, 1.807) is 42.5 Å². The molecule has 0 atom stereocenters. The summed E-state index contributed by atoms with van der Waals surface area (Å²) in [7, 11) is 1.34. The van der Waals surface area contributed by atoms with Gasteiger partial charge in [0.05, 0.1) is 17.0 Å². The van der Waals surface area contributed by atoms with Crippen molar-refractivity contribution in [1.82, 2.24) is 9.97 Å². The average molecular weight is 484 g/mol. The van der Waals surface area contributed by atoms with Gasteiger partial charge in [-0.2, -0.15) is 4.98 Å². The van der Waals surface area contributed by atoms with Crippen LogP contribution in [0.1, 0.15) is 11.3 Å². The number of rotatable bonds is 9. The molecule has 11 nitrogen and oxygen atoms in total. The minimum atomic E-state index is -0.576. The zero-order chi connectivity index (χ0) is 25.5. The quantitative estimate of drug-likeness (QED) is 0.217. The molecule has 2 N–H and O–H groups in total. The first-order chi connectivity index (χ1) is 17.4. The predicted molar refractivity (Wildman–Crippen MR) is 137 cm³/mol. The fourth-order valence-corrected chi connectivity index (χ4v) is 3.35. The molecule has 0 spiro atoms. The lowest BCUT2D eigenvalue weighted by atomic mass is 10.1. The second-order valence-corrected chi connectivity index (χ2v) is 7.39. The molecule has 1 aromatic heterocycles. The van der Waals surface area contributed by atoms with Gasteiger partial charge in [-0.05, 0) is 42.0 Å². The molecule has 0 amide bonds. The summed E-state index contributed by atoms with van der Waals surface area (Å²) in [5, 5.41) is 29.5. The predicted octanol–water partition coefficient (Wildman–Crippen LogP) is 5.96. The van der Waals surface area contributed by atoms with Gasteiger partial charge in [-0.15, -0.1) is 0 Å². The topological polar surface area (TPSA) is 145 Å². The van der Waals surface area contributed by atoms with E-state index in [0.717, 1.165) is 0 Å². The van der Waals surface area contributed by atoms with Gasteiger partial charge in [-0.25, -0.2) is 4.98 Å². The fraction of sp³-hybridized carbons (Fsp3) is 0.0400. The second-order valence-electron chi connectivity index (χ2n) is 7.39. The van der Waals surface area contributed by atoms with Gasteiger partial charge in [0, 0.05) is 17.4 Å². The smallest absolute Gasteiger partial charge is 0.337 e. The summed E-state index contributed by atoms with van der Waals surface area (Å²) in [5.74, 6) is 0.222. The summed E-state index contributed by atoms with van der Waals surface area (Å²) in [6.07, 6.45) is 2.91. The summed E-state index contributed by atoms with van der Waals surface area (Å²) < 4.78 is 5.03. The second kappa shape index (κ2) is 10.7. The Kier molecular flexibility index (Phi) is 7.11. The van der Waals surface area contributed by atoms with E-state index >= 15 is 0 Å². The van der Waals surface area contributed by atoms with Crippen LogP contribution in [0.2, 0.25) is 0 Å². The summed E-state index contributed by atoms with van der Waals surface area (Å²) in [5.41, 5.74) is 1.16. The molecular weight excluding hydrogens is 464 g/mol. The highest BCUT2D eigenvalue weighted by Crippen LogP contribution is 2.33. The molecule has 4 rings (SSSR count). The standard InChI is InChI=1S/C25H20N6O5/c1-36-22-15-13-17(16-21(22)30(32)33)12-14-20-23(31(34)35)24(26-18-8-4-2-5-9-18)29-25(28-20)27-19-10-6-3-7-11-19/h2-16H,1H3,(H2,26,27,28,29). The van der Waals surface area contributed by atoms with Crippen molar-refractivity contribution in [2.24, 2.45) is 0 Å². The average Bonchev–Trinajstić information content (AvgIpc) is 2.88.